The quantitative estimate of drug-likeness (QED) is 0.859. The third-order valence-electron chi connectivity index (χ3n) is 1.89. The lowest BCUT2D eigenvalue weighted by Crippen LogP contribution is -2.39. The number of aromatic nitrogens is 2. The van der Waals surface area contributed by atoms with Crippen LogP contribution in [0.5, 0.6) is 0 Å². The molecule has 0 aliphatic heterocycles. The zero-order chi connectivity index (χ0) is 12.3. The highest BCUT2D eigenvalue weighted by molar-refractivity contribution is 9.10. The van der Waals surface area contributed by atoms with Crippen LogP contribution in [-0.4, -0.2) is 28.7 Å². The first-order valence-electron chi connectivity index (χ1n) is 4.60. The van der Waals surface area contributed by atoms with Crippen molar-refractivity contribution in [3.8, 4) is 0 Å². The van der Waals surface area contributed by atoms with E-state index in [4.69, 9.17) is 0 Å². The van der Waals surface area contributed by atoms with Crippen molar-refractivity contribution in [2.45, 2.75) is 26.1 Å². The molecule has 1 aromatic heterocycles. The first-order valence-corrected chi connectivity index (χ1v) is 5.39. The lowest BCUT2D eigenvalue weighted by atomic mass is 10.3. The molecule has 0 aliphatic rings. The smallest absolute Gasteiger partial charge is 0.344 e. The fraction of sp³-hybridized carbons (Fsp3) is 0.556. The Labute approximate surface area is 99.8 Å². The van der Waals surface area contributed by atoms with Gasteiger partial charge in [0.1, 0.15) is 18.7 Å². The van der Waals surface area contributed by atoms with Gasteiger partial charge in [0.15, 0.2) is 0 Å². The highest BCUT2D eigenvalue weighted by Crippen LogP contribution is 2.27. The number of rotatable bonds is 3. The van der Waals surface area contributed by atoms with Gasteiger partial charge in [-0.25, -0.2) is 9.97 Å². The molecule has 0 aliphatic carbocycles. The van der Waals surface area contributed by atoms with Crippen LogP contribution in [0.15, 0.2) is 17.0 Å². The summed E-state index contributed by atoms with van der Waals surface area (Å²) < 4.78 is 37.6. The molecule has 0 spiro atoms. The fourth-order valence-electron chi connectivity index (χ4n) is 1.21. The van der Waals surface area contributed by atoms with Gasteiger partial charge in [-0.1, -0.05) is 0 Å². The Morgan fingerprint density at radius 1 is 1.44 bits per heavy atom. The Bertz CT molecular complexity index is 354. The summed E-state index contributed by atoms with van der Waals surface area (Å²) in [6, 6.07) is -0.298. The van der Waals surface area contributed by atoms with Crippen molar-refractivity contribution in [3.63, 3.8) is 0 Å². The highest BCUT2D eigenvalue weighted by Gasteiger charge is 2.33. The van der Waals surface area contributed by atoms with Crippen molar-refractivity contribution in [1.82, 2.24) is 9.97 Å². The summed E-state index contributed by atoms with van der Waals surface area (Å²) in [5.74, 6) is 0.252. The molecule has 3 nitrogen and oxygen atoms in total. The second-order valence-corrected chi connectivity index (χ2v) is 4.39. The average molecular weight is 298 g/mol. The van der Waals surface area contributed by atoms with Gasteiger partial charge in [0.05, 0.1) is 4.47 Å². The zero-order valence-electron chi connectivity index (χ0n) is 8.79. The minimum absolute atomic E-state index is 0.252. The molecule has 1 aromatic rings. The van der Waals surface area contributed by atoms with Crippen molar-refractivity contribution in [2.24, 2.45) is 0 Å². The Balaban J connectivity index is 2.99. The summed E-state index contributed by atoms with van der Waals surface area (Å²) in [5, 5.41) is 0. The summed E-state index contributed by atoms with van der Waals surface area (Å²) >= 11 is 3.14. The number of hydrogen-bond acceptors (Lipinski definition) is 3. The molecule has 0 N–H and O–H groups in total. The maximum atomic E-state index is 12.4. The normalized spacial score (nSPS) is 11.9. The SMILES string of the molecule is CC(C)N(CC(F)(F)F)c1ncncc1Br. The molecule has 0 atom stereocenters. The molecule has 0 saturated carbocycles. The maximum Gasteiger partial charge on any atom is 0.405 e. The molecular formula is C9H11BrF3N3. The predicted octanol–water partition coefficient (Wildman–Crippen LogP) is 3.02. The van der Waals surface area contributed by atoms with E-state index in [0.717, 1.165) is 0 Å². The molecule has 90 valence electrons. The summed E-state index contributed by atoms with van der Waals surface area (Å²) in [4.78, 5) is 8.74. The minimum atomic E-state index is -4.26. The fourth-order valence-corrected chi connectivity index (χ4v) is 1.66. The van der Waals surface area contributed by atoms with E-state index in [1.54, 1.807) is 13.8 Å². The van der Waals surface area contributed by atoms with Crippen LogP contribution in [0.2, 0.25) is 0 Å². The molecule has 0 aromatic carbocycles. The first-order chi connectivity index (χ1) is 7.31. The van der Waals surface area contributed by atoms with E-state index in [-0.39, 0.29) is 11.9 Å². The molecule has 0 amide bonds. The second-order valence-electron chi connectivity index (χ2n) is 3.53. The average Bonchev–Trinajstić information content (AvgIpc) is 2.13. The van der Waals surface area contributed by atoms with Crippen molar-refractivity contribution in [2.75, 3.05) is 11.4 Å². The van der Waals surface area contributed by atoms with E-state index < -0.39 is 12.7 Å². The number of halogens is 4. The van der Waals surface area contributed by atoms with Crippen LogP contribution in [0.3, 0.4) is 0 Å². The number of anilines is 1. The van der Waals surface area contributed by atoms with Gasteiger partial charge < -0.3 is 4.90 Å². The van der Waals surface area contributed by atoms with E-state index in [2.05, 4.69) is 25.9 Å². The number of hydrogen-bond donors (Lipinski definition) is 0. The Morgan fingerprint density at radius 3 is 2.50 bits per heavy atom. The standard InChI is InChI=1S/C9H11BrF3N3/c1-6(2)16(4-9(11,12)13)8-7(10)3-14-5-15-8/h3,5-6H,4H2,1-2H3. The first kappa shape index (κ1) is 13.2. The lowest BCUT2D eigenvalue weighted by molar-refractivity contribution is -0.120. The highest BCUT2D eigenvalue weighted by atomic mass is 79.9. The van der Waals surface area contributed by atoms with Crippen LogP contribution in [-0.2, 0) is 0 Å². The molecule has 16 heavy (non-hydrogen) atoms. The molecule has 7 heteroatoms. The molecule has 0 bridgehead atoms. The van der Waals surface area contributed by atoms with Gasteiger partial charge in [-0.15, -0.1) is 0 Å². The molecule has 1 heterocycles. The van der Waals surface area contributed by atoms with Gasteiger partial charge in [0, 0.05) is 12.2 Å². The third-order valence-corrected chi connectivity index (χ3v) is 2.45. The Hall–Kier alpha value is -0.850. The molecular weight excluding hydrogens is 287 g/mol. The molecule has 1 rings (SSSR count). The van der Waals surface area contributed by atoms with Crippen LogP contribution < -0.4 is 4.90 Å². The van der Waals surface area contributed by atoms with E-state index in [1.807, 2.05) is 0 Å². The largest absolute Gasteiger partial charge is 0.405 e. The van der Waals surface area contributed by atoms with Gasteiger partial charge in [-0.3, -0.25) is 0 Å². The molecule has 0 radical (unpaired) electrons. The van der Waals surface area contributed by atoms with Crippen LogP contribution in [0.1, 0.15) is 13.8 Å². The van der Waals surface area contributed by atoms with Crippen molar-refractivity contribution in [3.05, 3.63) is 17.0 Å². The maximum absolute atomic E-state index is 12.4. The van der Waals surface area contributed by atoms with E-state index in [1.165, 1.54) is 17.4 Å². The lowest BCUT2D eigenvalue weighted by Gasteiger charge is -2.29. The van der Waals surface area contributed by atoms with Crippen LogP contribution in [0.25, 0.3) is 0 Å². The van der Waals surface area contributed by atoms with Crippen LogP contribution in [0.4, 0.5) is 19.0 Å². The summed E-state index contributed by atoms with van der Waals surface area (Å²) in [7, 11) is 0. The van der Waals surface area contributed by atoms with Crippen LogP contribution >= 0.6 is 15.9 Å². The molecule has 0 fully saturated rings. The minimum Gasteiger partial charge on any atom is -0.344 e. The predicted molar refractivity (Wildman–Crippen MR) is 58.3 cm³/mol. The van der Waals surface area contributed by atoms with Gasteiger partial charge in [-0.05, 0) is 29.8 Å². The summed E-state index contributed by atoms with van der Waals surface area (Å²) in [6.45, 7) is 2.33. The molecule has 0 unspecified atom stereocenters. The summed E-state index contributed by atoms with van der Waals surface area (Å²) in [5.41, 5.74) is 0. The van der Waals surface area contributed by atoms with E-state index in [9.17, 15) is 13.2 Å². The number of nitrogens with zero attached hydrogens (tertiary/aromatic N) is 3. The van der Waals surface area contributed by atoms with Gasteiger partial charge in [0.2, 0.25) is 0 Å². The summed E-state index contributed by atoms with van der Waals surface area (Å²) in [6.07, 6.45) is -1.60. The monoisotopic (exact) mass is 297 g/mol. The Morgan fingerprint density at radius 2 is 2.06 bits per heavy atom. The van der Waals surface area contributed by atoms with Crippen molar-refractivity contribution < 1.29 is 13.2 Å². The number of alkyl halides is 3. The zero-order valence-corrected chi connectivity index (χ0v) is 10.4. The van der Waals surface area contributed by atoms with Crippen molar-refractivity contribution >= 4 is 21.7 Å². The van der Waals surface area contributed by atoms with Crippen molar-refractivity contribution in [1.29, 1.82) is 0 Å². The molecule has 0 saturated heterocycles. The topological polar surface area (TPSA) is 29.0 Å². The third kappa shape index (κ3) is 3.62. The van der Waals surface area contributed by atoms with E-state index in [0.29, 0.717) is 4.47 Å². The van der Waals surface area contributed by atoms with Gasteiger partial charge in [0.25, 0.3) is 0 Å². The Kier molecular flexibility index (Phi) is 4.12. The van der Waals surface area contributed by atoms with E-state index >= 15 is 0 Å². The van der Waals surface area contributed by atoms with Gasteiger partial charge >= 0.3 is 6.18 Å². The van der Waals surface area contributed by atoms with Crippen LogP contribution in [0, 0.1) is 0 Å². The van der Waals surface area contributed by atoms with Gasteiger partial charge in [-0.2, -0.15) is 13.2 Å². The second kappa shape index (κ2) is 4.99.